The van der Waals surface area contributed by atoms with Crippen molar-refractivity contribution in [3.05, 3.63) is 54.8 Å². The predicted molar refractivity (Wildman–Crippen MR) is 98.0 cm³/mol. The molecule has 6 nitrogen and oxygen atoms in total. The minimum atomic E-state index is -0.523. The molecule has 4 rings (SSSR count). The SMILES string of the molecule is [CH2]COc1cc2cc(-c3cc(CO)cc4nc(OC)cnc34)oc2cc1F. The number of aliphatic hydroxyl groups excluding tert-OH is 1. The van der Waals surface area contributed by atoms with Gasteiger partial charge in [0.1, 0.15) is 11.3 Å². The van der Waals surface area contributed by atoms with Gasteiger partial charge < -0.3 is 19.0 Å². The van der Waals surface area contributed by atoms with Crippen molar-refractivity contribution < 1.29 is 23.4 Å². The number of aromatic nitrogens is 2. The average Bonchev–Trinajstić information content (AvgIpc) is 3.09. The molecule has 1 N–H and O–H groups in total. The largest absolute Gasteiger partial charge is 0.490 e. The van der Waals surface area contributed by atoms with Gasteiger partial charge in [-0.05, 0) is 36.8 Å². The minimum absolute atomic E-state index is 0.114. The zero-order chi connectivity index (χ0) is 19.0. The van der Waals surface area contributed by atoms with E-state index in [4.69, 9.17) is 13.9 Å². The molecule has 0 aliphatic heterocycles. The first-order valence-electron chi connectivity index (χ1n) is 8.23. The van der Waals surface area contributed by atoms with Gasteiger partial charge in [0.2, 0.25) is 5.88 Å². The van der Waals surface area contributed by atoms with Crippen molar-refractivity contribution in [2.24, 2.45) is 0 Å². The van der Waals surface area contributed by atoms with E-state index in [1.807, 2.05) is 0 Å². The monoisotopic (exact) mass is 367 g/mol. The van der Waals surface area contributed by atoms with Gasteiger partial charge >= 0.3 is 0 Å². The second-order valence-electron chi connectivity index (χ2n) is 5.86. The van der Waals surface area contributed by atoms with Gasteiger partial charge in [0.25, 0.3) is 0 Å². The topological polar surface area (TPSA) is 77.6 Å². The van der Waals surface area contributed by atoms with Crippen LogP contribution in [-0.4, -0.2) is 28.8 Å². The van der Waals surface area contributed by atoms with Crippen LogP contribution in [0.3, 0.4) is 0 Å². The van der Waals surface area contributed by atoms with E-state index in [1.165, 1.54) is 19.4 Å². The van der Waals surface area contributed by atoms with Gasteiger partial charge in [-0.3, -0.25) is 0 Å². The van der Waals surface area contributed by atoms with E-state index in [0.29, 0.717) is 44.8 Å². The maximum atomic E-state index is 14.1. The third-order valence-corrected chi connectivity index (χ3v) is 4.17. The summed E-state index contributed by atoms with van der Waals surface area (Å²) in [6, 6.07) is 8.11. The van der Waals surface area contributed by atoms with E-state index in [2.05, 4.69) is 16.9 Å². The molecular formula is C20H16FN2O4. The van der Waals surface area contributed by atoms with E-state index in [0.717, 1.165) is 0 Å². The molecule has 2 heterocycles. The van der Waals surface area contributed by atoms with Crippen LogP contribution < -0.4 is 9.47 Å². The number of hydrogen-bond acceptors (Lipinski definition) is 6. The summed E-state index contributed by atoms with van der Waals surface area (Å²) < 4.78 is 30.2. The molecular weight excluding hydrogens is 351 g/mol. The van der Waals surface area contributed by atoms with Crippen LogP contribution in [0, 0.1) is 12.7 Å². The molecule has 2 aromatic heterocycles. The maximum absolute atomic E-state index is 14.1. The summed E-state index contributed by atoms with van der Waals surface area (Å²) in [6.07, 6.45) is 1.51. The Hall–Kier alpha value is -3.19. The van der Waals surface area contributed by atoms with Crippen molar-refractivity contribution in [2.45, 2.75) is 6.61 Å². The number of benzene rings is 2. The first-order chi connectivity index (χ1) is 13.1. The molecule has 0 atom stereocenters. The molecule has 0 saturated heterocycles. The highest BCUT2D eigenvalue weighted by molar-refractivity contribution is 5.94. The van der Waals surface area contributed by atoms with Crippen molar-refractivity contribution in [1.82, 2.24) is 9.97 Å². The third kappa shape index (κ3) is 3.06. The molecule has 0 aliphatic rings. The lowest BCUT2D eigenvalue weighted by molar-refractivity contribution is 0.282. The number of hydrogen-bond donors (Lipinski definition) is 1. The lowest BCUT2D eigenvalue weighted by Crippen LogP contribution is -1.94. The smallest absolute Gasteiger partial charge is 0.232 e. The van der Waals surface area contributed by atoms with Crippen molar-refractivity contribution in [1.29, 1.82) is 0 Å². The molecule has 0 fully saturated rings. The summed E-state index contributed by atoms with van der Waals surface area (Å²) in [7, 11) is 1.51. The van der Waals surface area contributed by atoms with Crippen molar-refractivity contribution in [2.75, 3.05) is 13.7 Å². The normalized spacial score (nSPS) is 11.3. The second-order valence-corrected chi connectivity index (χ2v) is 5.86. The molecule has 0 aliphatic carbocycles. The number of ether oxygens (including phenoxy) is 2. The number of nitrogens with zero attached hydrogens (tertiary/aromatic N) is 2. The van der Waals surface area contributed by atoms with E-state index in [9.17, 15) is 9.50 Å². The van der Waals surface area contributed by atoms with Crippen LogP contribution in [0.5, 0.6) is 11.6 Å². The Bertz CT molecular complexity index is 1130. The van der Waals surface area contributed by atoms with Crippen LogP contribution in [0.4, 0.5) is 4.39 Å². The molecule has 0 amide bonds. The van der Waals surface area contributed by atoms with E-state index in [1.54, 1.807) is 24.3 Å². The van der Waals surface area contributed by atoms with Crippen LogP contribution >= 0.6 is 0 Å². The quantitative estimate of drug-likeness (QED) is 0.576. The number of halogens is 1. The summed E-state index contributed by atoms with van der Waals surface area (Å²) in [5.74, 6) is 0.440. The van der Waals surface area contributed by atoms with Gasteiger partial charge in [0.15, 0.2) is 11.6 Å². The van der Waals surface area contributed by atoms with Crippen LogP contribution in [0.15, 0.2) is 40.9 Å². The van der Waals surface area contributed by atoms with Crippen LogP contribution in [0.1, 0.15) is 5.56 Å². The molecule has 137 valence electrons. The summed E-state index contributed by atoms with van der Waals surface area (Å²) in [4.78, 5) is 8.77. The summed E-state index contributed by atoms with van der Waals surface area (Å²) in [6.45, 7) is 3.51. The summed E-state index contributed by atoms with van der Waals surface area (Å²) >= 11 is 0. The fourth-order valence-electron chi connectivity index (χ4n) is 2.94. The minimum Gasteiger partial charge on any atom is -0.490 e. The Morgan fingerprint density at radius 2 is 2.07 bits per heavy atom. The van der Waals surface area contributed by atoms with Gasteiger partial charge in [-0.1, -0.05) is 0 Å². The van der Waals surface area contributed by atoms with Crippen molar-refractivity contribution in [3.63, 3.8) is 0 Å². The highest BCUT2D eigenvalue weighted by atomic mass is 19.1. The predicted octanol–water partition coefficient (Wildman–Crippen LogP) is 3.90. The van der Waals surface area contributed by atoms with Crippen molar-refractivity contribution >= 4 is 22.0 Å². The van der Waals surface area contributed by atoms with E-state index in [-0.39, 0.29) is 19.0 Å². The third-order valence-electron chi connectivity index (χ3n) is 4.17. The van der Waals surface area contributed by atoms with Gasteiger partial charge in [-0.25, -0.2) is 14.4 Å². The fourth-order valence-corrected chi connectivity index (χ4v) is 2.94. The molecule has 0 unspecified atom stereocenters. The summed E-state index contributed by atoms with van der Waals surface area (Å²) in [5, 5.41) is 10.3. The number of fused-ring (bicyclic) bond motifs is 2. The first-order valence-corrected chi connectivity index (χ1v) is 8.23. The first kappa shape index (κ1) is 17.2. The maximum Gasteiger partial charge on any atom is 0.232 e. The fraction of sp³-hybridized carbons (Fsp3) is 0.150. The molecule has 0 spiro atoms. The molecule has 4 aromatic rings. The molecule has 7 heteroatoms. The van der Waals surface area contributed by atoms with Gasteiger partial charge in [0.05, 0.1) is 37.6 Å². The van der Waals surface area contributed by atoms with Gasteiger partial charge in [0, 0.05) is 17.0 Å². The number of rotatable bonds is 5. The number of furan rings is 1. The van der Waals surface area contributed by atoms with Crippen molar-refractivity contribution in [3.8, 4) is 23.0 Å². The Kier molecular flexibility index (Phi) is 4.37. The van der Waals surface area contributed by atoms with E-state index < -0.39 is 5.82 Å². The Labute approximate surface area is 154 Å². The molecule has 1 radical (unpaired) electrons. The zero-order valence-corrected chi connectivity index (χ0v) is 14.5. The standard InChI is InChI=1S/C20H16FN2O4/c1-3-26-18-7-12-6-17(27-16(12)8-14(18)21)13-4-11(10-24)5-15-20(13)22-9-19(23-15)25-2/h4-9,24H,1,3,10H2,2H3. The van der Waals surface area contributed by atoms with Crippen LogP contribution in [0.25, 0.3) is 33.3 Å². The highest BCUT2D eigenvalue weighted by Gasteiger charge is 2.16. The van der Waals surface area contributed by atoms with Gasteiger partial charge in [-0.2, -0.15) is 0 Å². The highest BCUT2D eigenvalue weighted by Crippen LogP contribution is 2.35. The van der Waals surface area contributed by atoms with Crippen LogP contribution in [-0.2, 0) is 6.61 Å². The van der Waals surface area contributed by atoms with Gasteiger partial charge in [-0.15, -0.1) is 0 Å². The number of aliphatic hydroxyl groups is 1. The summed E-state index contributed by atoms with van der Waals surface area (Å²) in [5.41, 5.74) is 2.81. The Morgan fingerprint density at radius 1 is 1.22 bits per heavy atom. The Balaban J connectivity index is 1.92. The number of methoxy groups -OCH3 is 1. The van der Waals surface area contributed by atoms with Crippen LogP contribution in [0.2, 0.25) is 0 Å². The Morgan fingerprint density at radius 3 is 2.81 bits per heavy atom. The average molecular weight is 367 g/mol. The molecule has 2 aromatic carbocycles. The zero-order valence-electron chi connectivity index (χ0n) is 14.5. The van der Waals surface area contributed by atoms with E-state index >= 15 is 0 Å². The molecule has 0 bridgehead atoms. The second kappa shape index (κ2) is 6.85. The molecule has 27 heavy (non-hydrogen) atoms. The lowest BCUT2D eigenvalue weighted by Gasteiger charge is -2.07. The lowest BCUT2D eigenvalue weighted by atomic mass is 10.1. The molecule has 0 saturated carbocycles.